The van der Waals surface area contributed by atoms with Crippen LogP contribution >= 0.6 is 0 Å². The summed E-state index contributed by atoms with van der Waals surface area (Å²) in [5, 5.41) is 6.15. The van der Waals surface area contributed by atoms with Crippen molar-refractivity contribution in [3.63, 3.8) is 0 Å². The number of rotatable bonds is 5. The Bertz CT molecular complexity index is 538. The van der Waals surface area contributed by atoms with E-state index in [-0.39, 0.29) is 0 Å². The molecule has 0 saturated carbocycles. The number of nitrogens with zero attached hydrogens (tertiary/aromatic N) is 1. The van der Waals surface area contributed by atoms with E-state index in [0.29, 0.717) is 18.5 Å². The molecule has 2 N–H and O–H groups in total. The van der Waals surface area contributed by atoms with E-state index in [1.165, 1.54) is 12.1 Å². The molecule has 1 aromatic carbocycles. The number of pyridine rings is 1. The second-order valence-electron chi connectivity index (χ2n) is 4.17. The van der Waals surface area contributed by atoms with Crippen LogP contribution in [0.15, 0.2) is 36.7 Å². The summed E-state index contributed by atoms with van der Waals surface area (Å²) in [5.41, 5.74) is 2.40. The highest BCUT2D eigenvalue weighted by Crippen LogP contribution is 2.13. The number of anilines is 2. The highest BCUT2D eigenvalue weighted by atomic mass is 19.1. The van der Waals surface area contributed by atoms with Crippen molar-refractivity contribution in [3.8, 4) is 0 Å². The normalized spacial score (nSPS) is 10.3. The van der Waals surface area contributed by atoms with E-state index >= 15 is 0 Å². The molecule has 5 heteroatoms. The molecule has 0 amide bonds. The molecule has 0 atom stereocenters. The Balaban J connectivity index is 1.92. The summed E-state index contributed by atoms with van der Waals surface area (Å²) in [6.07, 6.45) is 3.96. The monoisotopic (exact) mass is 263 g/mol. The lowest BCUT2D eigenvalue weighted by Crippen LogP contribution is -2.06. The van der Waals surface area contributed by atoms with Crippen LogP contribution in [0, 0.1) is 11.6 Å². The maximum Gasteiger partial charge on any atom is 0.126 e. The zero-order valence-electron chi connectivity index (χ0n) is 10.6. The van der Waals surface area contributed by atoms with Crippen molar-refractivity contribution in [2.45, 2.75) is 6.42 Å². The fourth-order valence-electron chi connectivity index (χ4n) is 1.78. The predicted octanol–water partition coefficient (Wildman–Crippen LogP) is 3.06. The fraction of sp³-hybridized carbons (Fsp3) is 0.214. The highest BCUT2D eigenvalue weighted by molar-refractivity contribution is 5.53. The quantitative estimate of drug-likeness (QED) is 0.870. The molecule has 2 aromatic rings. The first-order chi connectivity index (χ1) is 9.17. The molecule has 19 heavy (non-hydrogen) atoms. The third-order valence-electron chi connectivity index (χ3n) is 2.69. The van der Waals surface area contributed by atoms with E-state index < -0.39 is 11.6 Å². The van der Waals surface area contributed by atoms with Gasteiger partial charge < -0.3 is 10.6 Å². The van der Waals surface area contributed by atoms with Gasteiger partial charge in [-0.25, -0.2) is 8.78 Å². The summed E-state index contributed by atoms with van der Waals surface area (Å²) in [4.78, 5) is 4.06. The van der Waals surface area contributed by atoms with Crippen LogP contribution < -0.4 is 10.6 Å². The number of aromatic nitrogens is 1. The number of halogens is 2. The first kappa shape index (κ1) is 13.3. The molecule has 0 unspecified atom stereocenters. The topological polar surface area (TPSA) is 37.0 Å². The standard InChI is InChI=1S/C14H15F2N3/c1-17-13-7-14(9-18-8-13)19-3-2-10-4-11(15)6-12(16)5-10/h4-9,17,19H,2-3H2,1H3. The van der Waals surface area contributed by atoms with Crippen molar-refractivity contribution in [2.24, 2.45) is 0 Å². The van der Waals surface area contributed by atoms with Gasteiger partial charge in [0, 0.05) is 19.7 Å². The number of nitrogens with one attached hydrogen (secondary N) is 2. The van der Waals surface area contributed by atoms with Gasteiger partial charge in [-0.15, -0.1) is 0 Å². The molecule has 1 heterocycles. The first-order valence-electron chi connectivity index (χ1n) is 5.99. The minimum atomic E-state index is -0.547. The largest absolute Gasteiger partial charge is 0.387 e. The van der Waals surface area contributed by atoms with Gasteiger partial charge in [0.15, 0.2) is 0 Å². The summed E-state index contributed by atoms with van der Waals surface area (Å²) in [6, 6.07) is 5.47. The molecule has 0 bridgehead atoms. The maximum atomic E-state index is 13.0. The zero-order valence-corrected chi connectivity index (χ0v) is 10.6. The lowest BCUT2D eigenvalue weighted by molar-refractivity contribution is 0.580. The molecule has 0 aliphatic rings. The Morgan fingerprint density at radius 1 is 1.00 bits per heavy atom. The summed E-state index contributed by atoms with van der Waals surface area (Å²) >= 11 is 0. The van der Waals surface area contributed by atoms with Crippen molar-refractivity contribution >= 4 is 11.4 Å². The van der Waals surface area contributed by atoms with Gasteiger partial charge in [0.05, 0.1) is 23.8 Å². The van der Waals surface area contributed by atoms with Gasteiger partial charge in [0.25, 0.3) is 0 Å². The summed E-state index contributed by atoms with van der Waals surface area (Å²) in [5.74, 6) is -1.09. The van der Waals surface area contributed by atoms with E-state index in [4.69, 9.17) is 0 Å². The molecular formula is C14H15F2N3. The van der Waals surface area contributed by atoms with E-state index in [1.807, 2.05) is 13.1 Å². The molecule has 1 aromatic heterocycles. The van der Waals surface area contributed by atoms with E-state index in [0.717, 1.165) is 17.4 Å². The second kappa shape index (κ2) is 6.13. The van der Waals surface area contributed by atoms with Gasteiger partial charge in [-0.2, -0.15) is 0 Å². The number of benzene rings is 1. The van der Waals surface area contributed by atoms with Crippen molar-refractivity contribution in [1.29, 1.82) is 0 Å². The summed E-state index contributed by atoms with van der Waals surface area (Å²) < 4.78 is 26.0. The van der Waals surface area contributed by atoms with E-state index in [9.17, 15) is 8.78 Å². The third kappa shape index (κ3) is 3.91. The Labute approximate surface area is 110 Å². The summed E-state index contributed by atoms with van der Waals surface area (Å²) in [6.45, 7) is 0.581. The Morgan fingerprint density at radius 2 is 1.68 bits per heavy atom. The van der Waals surface area contributed by atoms with Crippen LogP contribution in [-0.4, -0.2) is 18.6 Å². The molecule has 0 spiro atoms. The fourth-order valence-corrected chi connectivity index (χ4v) is 1.78. The number of hydrogen-bond acceptors (Lipinski definition) is 3. The molecule has 0 aliphatic carbocycles. The van der Waals surface area contributed by atoms with Crippen LogP contribution in [0.25, 0.3) is 0 Å². The molecule has 3 nitrogen and oxygen atoms in total. The SMILES string of the molecule is CNc1cncc(NCCc2cc(F)cc(F)c2)c1. The molecule has 100 valence electrons. The van der Waals surface area contributed by atoms with Crippen LogP contribution in [0.3, 0.4) is 0 Å². The summed E-state index contributed by atoms with van der Waals surface area (Å²) in [7, 11) is 1.82. The van der Waals surface area contributed by atoms with Gasteiger partial charge in [0.2, 0.25) is 0 Å². The Morgan fingerprint density at radius 3 is 2.37 bits per heavy atom. The average Bonchev–Trinajstić information content (AvgIpc) is 2.38. The minimum Gasteiger partial charge on any atom is -0.387 e. The van der Waals surface area contributed by atoms with Gasteiger partial charge in [0.1, 0.15) is 11.6 Å². The molecule has 0 aliphatic heterocycles. The molecule has 0 radical (unpaired) electrons. The maximum absolute atomic E-state index is 13.0. The number of hydrogen-bond donors (Lipinski definition) is 2. The zero-order chi connectivity index (χ0) is 13.7. The van der Waals surface area contributed by atoms with E-state index in [1.54, 1.807) is 12.4 Å². The van der Waals surface area contributed by atoms with Gasteiger partial charge in [-0.05, 0) is 30.2 Å². The Hall–Kier alpha value is -2.17. The smallest absolute Gasteiger partial charge is 0.126 e. The molecular weight excluding hydrogens is 248 g/mol. The average molecular weight is 263 g/mol. The van der Waals surface area contributed by atoms with Crippen LogP contribution in [-0.2, 0) is 6.42 Å². The van der Waals surface area contributed by atoms with Crippen molar-refractivity contribution in [1.82, 2.24) is 4.98 Å². The molecule has 0 saturated heterocycles. The van der Waals surface area contributed by atoms with Crippen molar-refractivity contribution in [3.05, 3.63) is 53.9 Å². The minimum absolute atomic E-state index is 0.540. The van der Waals surface area contributed by atoms with Gasteiger partial charge in [-0.1, -0.05) is 0 Å². The van der Waals surface area contributed by atoms with Crippen LogP contribution in [0.1, 0.15) is 5.56 Å². The third-order valence-corrected chi connectivity index (χ3v) is 2.69. The predicted molar refractivity (Wildman–Crippen MR) is 72.3 cm³/mol. The second-order valence-corrected chi connectivity index (χ2v) is 4.17. The van der Waals surface area contributed by atoms with Crippen LogP contribution in [0.4, 0.5) is 20.2 Å². The molecule has 0 fully saturated rings. The van der Waals surface area contributed by atoms with Gasteiger partial charge in [-0.3, -0.25) is 4.98 Å². The van der Waals surface area contributed by atoms with Crippen LogP contribution in [0.2, 0.25) is 0 Å². The lowest BCUT2D eigenvalue weighted by Gasteiger charge is -2.08. The lowest BCUT2D eigenvalue weighted by atomic mass is 10.1. The van der Waals surface area contributed by atoms with Crippen LogP contribution in [0.5, 0.6) is 0 Å². The highest BCUT2D eigenvalue weighted by Gasteiger charge is 2.01. The molecule has 2 rings (SSSR count). The Kier molecular flexibility index (Phi) is 4.28. The van der Waals surface area contributed by atoms with Crippen molar-refractivity contribution < 1.29 is 8.78 Å². The van der Waals surface area contributed by atoms with Gasteiger partial charge >= 0.3 is 0 Å². The first-order valence-corrected chi connectivity index (χ1v) is 5.99. The van der Waals surface area contributed by atoms with Crippen molar-refractivity contribution in [2.75, 3.05) is 24.2 Å². The van der Waals surface area contributed by atoms with E-state index in [2.05, 4.69) is 15.6 Å².